The lowest BCUT2D eigenvalue weighted by molar-refractivity contribution is 0.0535. The Hall–Kier alpha value is -2.93. The van der Waals surface area contributed by atoms with Gasteiger partial charge < -0.3 is 24.0 Å². The van der Waals surface area contributed by atoms with E-state index in [0.29, 0.717) is 72.8 Å². The minimum Gasteiger partial charge on any atom is -0.497 e. The molecule has 0 N–H and O–H groups in total. The van der Waals surface area contributed by atoms with Crippen molar-refractivity contribution in [2.75, 3.05) is 46.5 Å². The fourth-order valence-corrected chi connectivity index (χ4v) is 3.80. The number of piperazine rings is 1. The van der Waals surface area contributed by atoms with Gasteiger partial charge in [0.05, 0.1) is 25.3 Å². The van der Waals surface area contributed by atoms with E-state index in [2.05, 4.69) is 0 Å². The topological polar surface area (TPSA) is 68.3 Å². The highest BCUT2D eigenvalue weighted by atomic mass is 35.5. The Morgan fingerprint density at radius 1 is 0.938 bits per heavy atom. The van der Waals surface area contributed by atoms with Gasteiger partial charge in [0, 0.05) is 37.3 Å². The SMILES string of the molecule is CCCOc1c(Cl)cc(C(=O)N2CCN(C(=O)c3cccc(OC)c3)CC2)cc1OCC. The van der Waals surface area contributed by atoms with Gasteiger partial charge in [-0.1, -0.05) is 24.6 Å². The second-order valence-electron chi connectivity index (χ2n) is 7.38. The quantitative estimate of drug-likeness (QED) is 0.592. The van der Waals surface area contributed by atoms with Crippen molar-refractivity contribution >= 4 is 23.4 Å². The summed E-state index contributed by atoms with van der Waals surface area (Å²) in [4.78, 5) is 29.4. The third kappa shape index (κ3) is 5.46. The highest BCUT2D eigenvalue weighted by Gasteiger charge is 2.27. The number of methoxy groups -OCH3 is 1. The number of carbonyl (C=O) groups is 2. The molecule has 0 aliphatic carbocycles. The van der Waals surface area contributed by atoms with E-state index in [0.717, 1.165) is 6.42 Å². The molecule has 2 aromatic rings. The number of carbonyl (C=O) groups excluding carboxylic acids is 2. The van der Waals surface area contributed by atoms with E-state index >= 15 is 0 Å². The second kappa shape index (κ2) is 11.1. The summed E-state index contributed by atoms with van der Waals surface area (Å²) in [6.45, 7) is 6.58. The van der Waals surface area contributed by atoms with Crippen LogP contribution >= 0.6 is 11.6 Å². The van der Waals surface area contributed by atoms with Gasteiger partial charge >= 0.3 is 0 Å². The van der Waals surface area contributed by atoms with Crippen molar-refractivity contribution < 1.29 is 23.8 Å². The van der Waals surface area contributed by atoms with Crippen LogP contribution in [0.4, 0.5) is 0 Å². The van der Waals surface area contributed by atoms with Gasteiger partial charge in [0.25, 0.3) is 11.8 Å². The van der Waals surface area contributed by atoms with E-state index in [1.165, 1.54) is 0 Å². The number of benzene rings is 2. The Labute approximate surface area is 193 Å². The highest BCUT2D eigenvalue weighted by molar-refractivity contribution is 6.32. The van der Waals surface area contributed by atoms with Crippen LogP contribution in [0.1, 0.15) is 41.0 Å². The molecule has 32 heavy (non-hydrogen) atoms. The van der Waals surface area contributed by atoms with Crippen molar-refractivity contribution in [3.8, 4) is 17.2 Å². The monoisotopic (exact) mass is 460 g/mol. The molecule has 0 bridgehead atoms. The maximum absolute atomic E-state index is 13.1. The molecular weight excluding hydrogens is 432 g/mol. The first-order valence-electron chi connectivity index (χ1n) is 10.8. The van der Waals surface area contributed by atoms with Gasteiger partial charge in [0.15, 0.2) is 11.5 Å². The van der Waals surface area contributed by atoms with Gasteiger partial charge in [-0.05, 0) is 43.7 Å². The van der Waals surface area contributed by atoms with E-state index in [1.807, 2.05) is 13.8 Å². The summed E-state index contributed by atoms with van der Waals surface area (Å²) in [5.74, 6) is 1.33. The molecule has 0 saturated carbocycles. The molecule has 0 spiro atoms. The zero-order chi connectivity index (χ0) is 23.1. The minimum atomic E-state index is -0.150. The largest absolute Gasteiger partial charge is 0.497 e. The van der Waals surface area contributed by atoms with Gasteiger partial charge in [-0.25, -0.2) is 0 Å². The van der Waals surface area contributed by atoms with Gasteiger partial charge in [-0.2, -0.15) is 0 Å². The van der Waals surface area contributed by atoms with Crippen molar-refractivity contribution in [1.82, 2.24) is 9.80 Å². The van der Waals surface area contributed by atoms with E-state index in [1.54, 1.807) is 53.3 Å². The molecule has 8 heteroatoms. The molecule has 3 rings (SSSR count). The minimum absolute atomic E-state index is 0.0740. The number of nitrogens with zero attached hydrogens (tertiary/aromatic N) is 2. The summed E-state index contributed by atoms with van der Waals surface area (Å²) >= 11 is 6.41. The molecule has 7 nitrogen and oxygen atoms in total. The van der Waals surface area contributed by atoms with E-state index in [-0.39, 0.29) is 11.8 Å². The maximum atomic E-state index is 13.1. The Kier molecular flexibility index (Phi) is 8.22. The Bertz CT molecular complexity index is 957. The molecule has 1 fully saturated rings. The average Bonchev–Trinajstić information content (AvgIpc) is 2.82. The molecule has 1 aliphatic heterocycles. The summed E-state index contributed by atoms with van der Waals surface area (Å²) in [7, 11) is 1.57. The van der Waals surface area contributed by atoms with Gasteiger partial charge in [-0.3, -0.25) is 9.59 Å². The zero-order valence-corrected chi connectivity index (χ0v) is 19.5. The molecule has 1 saturated heterocycles. The van der Waals surface area contributed by atoms with Crippen molar-refractivity contribution in [3.05, 3.63) is 52.5 Å². The summed E-state index contributed by atoms with van der Waals surface area (Å²) in [6, 6.07) is 10.4. The molecule has 0 atom stereocenters. The van der Waals surface area contributed by atoms with Crippen molar-refractivity contribution in [2.24, 2.45) is 0 Å². The Morgan fingerprint density at radius 3 is 2.19 bits per heavy atom. The van der Waals surface area contributed by atoms with Gasteiger partial charge in [0.1, 0.15) is 5.75 Å². The Balaban J connectivity index is 1.68. The smallest absolute Gasteiger partial charge is 0.254 e. The molecule has 0 aromatic heterocycles. The number of hydrogen-bond acceptors (Lipinski definition) is 5. The summed E-state index contributed by atoms with van der Waals surface area (Å²) < 4.78 is 16.6. The third-order valence-corrected chi connectivity index (χ3v) is 5.46. The van der Waals surface area contributed by atoms with Crippen LogP contribution in [0.2, 0.25) is 5.02 Å². The summed E-state index contributed by atoms with van der Waals surface area (Å²) in [5, 5.41) is 0.347. The van der Waals surface area contributed by atoms with E-state index in [9.17, 15) is 9.59 Å². The number of amides is 2. The lowest BCUT2D eigenvalue weighted by Crippen LogP contribution is -2.50. The molecule has 1 aliphatic rings. The first kappa shape index (κ1) is 23.7. The van der Waals surface area contributed by atoms with E-state index < -0.39 is 0 Å². The first-order valence-corrected chi connectivity index (χ1v) is 11.2. The van der Waals surface area contributed by atoms with Crippen LogP contribution in [0, 0.1) is 0 Å². The van der Waals surface area contributed by atoms with Crippen LogP contribution in [0.3, 0.4) is 0 Å². The van der Waals surface area contributed by atoms with Crippen molar-refractivity contribution in [2.45, 2.75) is 20.3 Å². The number of hydrogen-bond donors (Lipinski definition) is 0. The molecule has 172 valence electrons. The predicted octanol–water partition coefficient (Wildman–Crippen LogP) is 4.13. The highest BCUT2D eigenvalue weighted by Crippen LogP contribution is 2.37. The first-order chi connectivity index (χ1) is 15.5. The van der Waals surface area contributed by atoms with Crippen LogP contribution in [0.25, 0.3) is 0 Å². The fraction of sp³-hybridized carbons (Fsp3) is 0.417. The lowest BCUT2D eigenvalue weighted by atomic mass is 10.1. The van der Waals surface area contributed by atoms with Crippen LogP contribution in [-0.4, -0.2) is 68.1 Å². The van der Waals surface area contributed by atoms with Gasteiger partial charge in [0.2, 0.25) is 0 Å². The zero-order valence-electron chi connectivity index (χ0n) is 18.7. The fourth-order valence-electron chi connectivity index (χ4n) is 3.53. The Morgan fingerprint density at radius 2 is 1.59 bits per heavy atom. The summed E-state index contributed by atoms with van der Waals surface area (Å²) in [5.41, 5.74) is 1.01. The number of halogens is 1. The number of rotatable bonds is 8. The normalized spacial score (nSPS) is 13.6. The molecule has 0 radical (unpaired) electrons. The van der Waals surface area contributed by atoms with Crippen LogP contribution in [-0.2, 0) is 0 Å². The molecule has 2 amide bonds. The summed E-state index contributed by atoms with van der Waals surface area (Å²) in [6.07, 6.45) is 0.835. The lowest BCUT2D eigenvalue weighted by Gasteiger charge is -2.35. The standard InChI is InChI=1S/C24H29ClN2O5/c1-4-13-32-22-20(25)15-18(16-21(22)31-5-2)24(29)27-11-9-26(10-12-27)23(28)17-7-6-8-19(14-17)30-3/h6-8,14-16H,4-5,9-13H2,1-3H3. The molecule has 2 aromatic carbocycles. The van der Waals surface area contributed by atoms with Crippen LogP contribution in [0.5, 0.6) is 17.2 Å². The van der Waals surface area contributed by atoms with E-state index in [4.69, 9.17) is 25.8 Å². The molecular formula is C24H29ClN2O5. The van der Waals surface area contributed by atoms with Crippen molar-refractivity contribution in [1.29, 1.82) is 0 Å². The van der Waals surface area contributed by atoms with Gasteiger partial charge in [-0.15, -0.1) is 0 Å². The predicted molar refractivity (Wildman–Crippen MR) is 123 cm³/mol. The number of ether oxygens (including phenoxy) is 3. The van der Waals surface area contributed by atoms with Crippen molar-refractivity contribution in [3.63, 3.8) is 0 Å². The second-order valence-corrected chi connectivity index (χ2v) is 7.79. The maximum Gasteiger partial charge on any atom is 0.254 e. The third-order valence-electron chi connectivity index (χ3n) is 5.18. The van der Waals surface area contributed by atoms with Crippen LogP contribution < -0.4 is 14.2 Å². The average molecular weight is 461 g/mol. The van der Waals surface area contributed by atoms with Crippen LogP contribution in [0.15, 0.2) is 36.4 Å². The molecule has 0 unspecified atom stereocenters. The molecule has 1 heterocycles.